The minimum atomic E-state index is -2.81. The Morgan fingerprint density at radius 3 is 2.57 bits per heavy atom. The number of aryl methyl sites for hydroxylation is 1. The Morgan fingerprint density at radius 1 is 1.35 bits per heavy atom. The smallest absolute Gasteiger partial charge is 0.291 e. The quantitative estimate of drug-likeness (QED) is 0.841. The summed E-state index contributed by atoms with van der Waals surface area (Å²) in [7, 11) is 0. The van der Waals surface area contributed by atoms with Crippen molar-refractivity contribution in [3.05, 3.63) is 41.7 Å². The van der Waals surface area contributed by atoms with Crippen molar-refractivity contribution in [3.8, 4) is 5.69 Å². The molecule has 6 nitrogen and oxygen atoms in total. The molecule has 9 heteroatoms. The van der Waals surface area contributed by atoms with Gasteiger partial charge in [-0.3, -0.25) is 4.79 Å². The van der Waals surface area contributed by atoms with E-state index in [0.29, 0.717) is 11.5 Å². The van der Waals surface area contributed by atoms with Crippen LogP contribution in [0, 0.1) is 12.7 Å². The number of aromatic nitrogens is 3. The number of nitrogens with zero attached hydrogens (tertiary/aromatic N) is 3. The van der Waals surface area contributed by atoms with E-state index in [1.165, 1.54) is 28.9 Å². The summed E-state index contributed by atoms with van der Waals surface area (Å²) in [6.45, 7) is 1.09. The van der Waals surface area contributed by atoms with Crippen LogP contribution in [0.4, 0.5) is 13.2 Å². The Bertz CT molecular complexity index is 673. The third kappa shape index (κ3) is 4.07. The molecule has 1 heterocycles. The normalized spacial score (nSPS) is 12.4. The van der Waals surface area contributed by atoms with Crippen LogP contribution in [-0.2, 0) is 0 Å². The van der Waals surface area contributed by atoms with Crippen LogP contribution in [-0.4, -0.2) is 44.9 Å². The van der Waals surface area contributed by atoms with Gasteiger partial charge >= 0.3 is 0 Å². The largest absolute Gasteiger partial charge is 0.396 e. The fourth-order valence-electron chi connectivity index (χ4n) is 1.95. The highest BCUT2D eigenvalue weighted by Crippen LogP contribution is 2.11. The number of halogens is 3. The Morgan fingerprint density at radius 2 is 2.00 bits per heavy atom. The average molecular weight is 328 g/mol. The van der Waals surface area contributed by atoms with E-state index in [1.807, 2.05) is 0 Å². The number of carbonyl (C=O) groups is 1. The number of aliphatic hydroxyl groups is 1. The van der Waals surface area contributed by atoms with Crippen molar-refractivity contribution in [1.82, 2.24) is 20.1 Å². The van der Waals surface area contributed by atoms with E-state index in [1.54, 1.807) is 6.92 Å². The molecule has 0 fully saturated rings. The van der Waals surface area contributed by atoms with Crippen molar-refractivity contribution in [2.75, 3.05) is 6.61 Å². The number of aliphatic hydroxyl groups excluding tert-OH is 1. The van der Waals surface area contributed by atoms with Gasteiger partial charge in [-0.25, -0.2) is 22.8 Å². The molecule has 1 unspecified atom stereocenters. The van der Waals surface area contributed by atoms with Crippen LogP contribution >= 0.6 is 0 Å². The van der Waals surface area contributed by atoms with Crippen LogP contribution in [0.5, 0.6) is 0 Å². The molecule has 1 atom stereocenters. The Hall–Kier alpha value is -2.42. The Labute approximate surface area is 130 Å². The molecular weight excluding hydrogens is 313 g/mol. The first kappa shape index (κ1) is 16.9. The number of rotatable bonds is 6. The van der Waals surface area contributed by atoms with E-state index in [-0.39, 0.29) is 12.2 Å². The molecule has 0 aliphatic carbocycles. The summed E-state index contributed by atoms with van der Waals surface area (Å²) < 4.78 is 39.7. The SMILES string of the molecule is Cc1nc(C(=O)NC(CCO)C(F)F)nn1-c1ccc(F)cc1. The number of carbonyl (C=O) groups excluding carboxylic acids is 1. The highest BCUT2D eigenvalue weighted by atomic mass is 19.3. The van der Waals surface area contributed by atoms with Crippen molar-refractivity contribution >= 4 is 5.91 Å². The predicted molar refractivity (Wildman–Crippen MR) is 75.0 cm³/mol. The van der Waals surface area contributed by atoms with E-state index in [0.717, 1.165) is 0 Å². The van der Waals surface area contributed by atoms with Gasteiger partial charge in [0, 0.05) is 6.61 Å². The van der Waals surface area contributed by atoms with Crippen LogP contribution in [0.25, 0.3) is 5.69 Å². The third-order valence-corrected chi connectivity index (χ3v) is 3.10. The summed E-state index contributed by atoms with van der Waals surface area (Å²) >= 11 is 0. The molecule has 2 N–H and O–H groups in total. The molecule has 2 rings (SSSR count). The number of nitrogens with one attached hydrogen (secondary N) is 1. The molecule has 1 aromatic carbocycles. The molecule has 124 valence electrons. The zero-order chi connectivity index (χ0) is 17.0. The first-order valence-electron chi connectivity index (χ1n) is 6.82. The molecule has 23 heavy (non-hydrogen) atoms. The Kier molecular flexibility index (Phi) is 5.32. The summed E-state index contributed by atoms with van der Waals surface area (Å²) in [6.07, 6.45) is -3.09. The zero-order valence-corrected chi connectivity index (χ0v) is 12.2. The first-order valence-corrected chi connectivity index (χ1v) is 6.82. The maximum atomic E-state index is 12.9. The maximum Gasteiger partial charge on any atom is 0.291 e. The third-order valence-electron chi connectivity index (χ3n) is 3.10. The van der Waals surface area contributed by atoms with Crippen molar-refractivity contribution in [2.45, 2.75) is 25.8 Å². The standard InChI is InChI=1S/C14H15F3N4O2/c1-8-18-13(14(23)19-11(6-7-22)12(16)17)20-21(8)10-4-2-9(15)3-5-10/h2-5,11-12,22H,6-7H2,1H3,(H,19,23). The lowest BCUT2D eigenvalue weighted by molar-refractivity contribution is 0.0670. The molecule has 0 aliphatic heterocycles. The molecule has 0 radical (unpaired) electrons. The van der Waals surface area contributed by atoms with Gasteiger partial charge in [0.1, 0.15) is 11.6 Å². The molecule has 2 aromatic rings. The lowest BCUT2D eigenvalue weighted by Gasteiger charge is -2.15. The fourth-order valence-corrected chi connectivity index (χ4v) is 1.95. The molecule has 1 aromatic heterocycles. The van der Waals surface area contributed by atoms with E-state index in [2.05, 4.69) is 15.4 Å². The zero-order valence-electron chi connectivity index (χ0n) is 12.2. The number of hydrogen-bond acceptors (Lipinski definition) is 4. The highest BCUT2D eigenvalue weighted by Gasteiger charge is 2.24. The second-order valence-corrected chi connectivity index (χ2v) is 4.80. The minimum absolute atomic E-state index is 0.277. The van der Waals surface area contributed by atoms with Crippen LogP contribution < -0.4 is 5.32 Å². The van der Waals surface area contributed by atoms with Gasteiger partial charge in [0.05, 0.1) is 11.7 Å². The van der Waals surface area contributed by atoms with E-state index < -0.39 is 30.8 Å². The van der Waals surface area contributed by atoms with Crippen molar-refractivity contribution < 1.29 is 23.1 Å². The number of hydrogen-bond donors (Lipinski definition) is 2. The molecule has 0 saturated carbocycles. The van der Waals surface area contributed by atoms with Gasteiger partial charge in [-0.15, -0.1) is 5.10 Å². The first-order chi connectivity index (χ1) is 10.9. The van der Waals surface area contributed by atoms with Gasteiger partial charge < -0.3 is 10.4 Å². The molecule has 0 saturated heterocycles. The monoisotopic (exact) mass is 328 g/mol. The van der Waals surface area contributed by atoms with Gasteiger partial charge in [-0.1, -0.05) is 0 Å². The number of amides is 1. The molecule has 1 amide bonds. The van der Waals surface area contributed by atoms with E-state index in [9.17, 15) is 18.0 Å². The summed E-state index contributed by atoms with van der Waals surface area (Å²) in [4.78, 5) is 15.9. The lowest BCUT2D eigenvalue weighted by Crippen LogP contribution is -2.41. The minimum Gasteiger partial charge on any atom is -0.396 e. The Balaban J connectivity index is 2.19. The topological polar surface area (TPSA) is 80.0 Å². The van der Waals surface area contributed by atoms with Crippen LogP contribution in [0.3, 0.4) is 0 Å². The molecule has 0 spiro atoms. The lowest BCUT2D eigenvalue weighted by atomic mass is 10.2. The van der Waals surface area contributed by atoms with Crippen molar-refractivity contribution in [3.63, 3.8) is 0 Å². The van der Waals surface area contributed by atoms with Crippen LogP contribution in [0.2, 0.25) is 0 Å². The molecular formula is C14H15F3N4O2. The molecule has 0 aliphatic rings. The van der Waals surface area contributed by atoms with E-state index >= 15 is 0 Å². The summed E-state index contributed by atoms with van der Waals surface area (Å²) in [5.41, 5.74) is 0.483. The van der Waals surface area contributed by atoms with Crippen LogP contribution in [0.1, 0.15) is 22.9 Å². The van der Waals surface area contributed by atoms with Crippen LogP contribution in [0.15, 0.2) is 24.3 Å². The second-order valence-electron chi connectivity index (χ2n) is 4.80. The van der Waals surface area contributed by atoms with Gasteiger partial charge in [0.2, 0.25) is 5.82 Å². The van der Waals surface area contributed by atoms with Gasteiger partial charge in [0.25, 0.3) is 12.3 Å². The predicted octanol–water partition coefficient (Wildman–Crippen LogP) is 1.46. The summed E-state index contributed by atoms with van der Waals surface area (Å²) in [5.74, 6) is -1.23. The number of alkyl halides is 2. The summed E-state index contributed by atoms with van der Waals surface area (Å²) in [5, 5.41) is 14.8. The highest BCUT2D eigenvalue weighted by molar-refractivity contribution is 5.90. The van der Waals surface area contributed by atoms with Gasteiger partial charge in [0.15, 0.2) is 0 Å². The molecule has 0 bridgehead atoms. The fraction of sp³-hybridized carbons (Fsp3) is 0.357. The summed E-state index contributed by atoms with van der Waals surface area (Å²) in [6, 6.07) is 3.87. The number of benzene rings is 1. The van der Waals surface area contributed by atoms with E-state index in [4.69, 9.17) is 5.11 Å². The van der Waals surface area contributed by atoms with Gasteiger partial charge in [-0.2, -0.15) is 0 Å². The van der Waals surface area contributed by atoms with Crippen molar-refractivity contribution in [2.24, 2.45) is 0 Å². The van der Waals surface area contributed by atoms with Gasteiger partial charge in [-0.05, 0) is 37.6 Å². The maximum absolute atomic E-state index is 12.9. The average Bonchev–Trinajstić information content (AvgIpc) is 2.89. The second kappa shape index (κ2) is 7.23. The van der Waals surface area contributed by atoms with Crippen molar-refractivity contribution in [1.29, 1.82) is 0 Å².